The maximum atomic E-state index is 11.8. The van der Waals surface area contributed by atoms with Gasteiger partial charge in [-0.3, -0.25) is 5.41 Å². The van der Waals surface area contributed by atoms with E-state index in [0.717, 1.165) is 65.4 Å². The molecule has 0 spiro atoms. The number of aliphatic hydroxyl groups excluding tert-OH is 1. The lowest BCUT2D eigenvalue weighted by molar-refractivity contribution is 0.105. The number of hydrogen-bond donors (Lipinski definition) is 2. The van der Waals surface area contributed by atoms with Gasteiger partial charge in [-0.15, -0.1) is 0 Å². The van der Waals surface area contributed by atoms with E-state index in [9.17, 15) is 4.79 Å². The highest BCUT2D eigenvalue weighted by Gasteiger charge is 2.29. The van der Waals surface area contributed by atoms with Gasteiger partial charge in [-0.1, -0.05) is 11.6 Å². The number of rotatable bonds is 3. The van der Waals surface area contributed by atoms with Crippen LogP contribution in [0.2, 0.25) is 0 Å². The Morgan fingerprint density at radius 1 is 1.17 bits per heavy atom. The third-order valence-corrected chi connectivity index (χ3v) is 4.94. The van der Waals surface area contributed by atoms with Gasteiger partial charge >= 0.3 is 6.09 Å². The molecule has 2 aliphatic rings. The summed E-state index contributed by atoms with van der Waals surface area (Å²) in [5, 5.41) is 14.8. The van der Waals surface area contributed by atoms with Gasteiger partial charge in [0.1, 0.15) is 5.17 Å². The Kier molecular flexibility index (Phi) is 9.52. The summed E-state index contributed by atoms with van der Waals surface area (Å²) in [7, 11) is 1.00. The normalized spacial score (nSPS) is 23.5. The molecule has 134 valence electrons. The molecule has 2 saturated heterocycles. The summed E-state index contributed by atoms with van der Waals surface area (Å²) in [4.78, 5) is 16.2. The van der Waals surface area contributed by atoms with Crippen LogP contribution >= 0.6 is 11.6 Å². The van der Waals surface area contributed by atoms with Gasteiger partial charge in [-0.25, -0.2) is 4.79 Å². The average Bonchev–Trinajstić information content (AvgIpc) is 2.83. The molecule has 2 fully saturated rings. The van der Waals surface area contributed by atoms with Gasteiger partial charge in [0.25, 0.3) is 0 Å². The van der Waals surface area contributed by atoms with Crippen molar-refractivity contribution in [2.45, 2.75) is 45.1 Å². The highest BCUT2D eigenvalue weighted by Crippen LogP contribution is 2.25. The van der Waals surface area contributed by atoms with Crippen LogP contribution in [-0.4, -0.2) is 72.1 Å². The Morgan fingerprint density at radius 3 is 2.39 bits per heavy atom. The van der Waals surface area contributed by atoms with Crippen LogP contribution in [0.1, 0.15) is 39.0 Å². The average molecular weight is 348 g/mol. The fraction of sp³-hybridized carbons (Fsp3) is 0.875. The third kappa shape index (κ3) is 6.28. The van der Waals surface area contributed by atoms with Gasteiger partial charge in [-0.05, 0) is 52.1 Å². The summed E-state index contributed by atoms with van der Waals surface area (Å²) in [5.74, 6) is 0.254. The second-order valence-corrected chi connectivity index (χ2v) is 6.34. The molecule has 7 heteroatoms. The number of likely N-dealkylation sites (tertiary alicyclic amines) is 2. The first kappa shape index (κ1) is 20.2. The molecule has 2 rings (SSSR count). The molecule has 23 heavy (non-hydrogen) atoms. The number of carbonyl (C=O) groups is 1. The number of halogens is 1. The third-order valence-electron chi connectivity index (χ3n) is 4.63. The van der Waals surface area contributed by atoms with E-state index in [1.807, 2.05) is 11.8 Å². The molecule has 0 bridgehead atoms. The van der Waals surface area contributed by atoms with Gasteiger partial charge < -0.3 is 19.6 Å². The highest BCUT2D eigenvalue weighted by molar-refractivity contribution is 6.64. The number of ether oxygens (including phenoxy) is 1. The number of piperidine rings is 1. The molecule has 0 saturated carbocycles. The van der Waals surface area contributed by atoms with E-state index in [1.54, 1.807) is 0 Å². The molecule has 2 N–H and O–H groups in total. The van der Waals surface area contributed by atoms with Crippen LogP contribution in [0.15, 0.2) is 0 Å². The molecular formula is C16H30ClN3O3. The summed E-state index contributed by atoms with van der Waals surface area (Å²) >= 11 is 5.81. The fourth-order valence-electron chi connectivity index (χ4n) is 3.36. The van der Waals surface area contributed by atoms with E-state index in [-0.39, 0.29) is 12.0 Å². The van der Waals surface area contributed by atoms with Crippen LogP contribution in [0.4, 0.5) is 4.79 Å². The van der Waals surface area contributed by atoms with Gasteiger partial charge in [0.05, 0.1) is 6.61 Å². The van der Waals surface area contributed by atoms with Crippen molar-refractivity contribution in [2.24, 2.45) is 5.92 Å². The van der Waals surface area contributed by atoms with Crippen molar-refractivity contribution in [3.05, 3.63) is 0 Å². The Hall–Kier alpha value is -0.850. The van der Waals surface area contributed by atoms with Crippen LogP contribution in [0.3, 0.4) is 0 Å². The number of amides is 1. The van der Waals surface area contributed by atoms with Gasteiger partial charge in [0, 0.05) is 32.2 Å². The zero-order valence-corrected chi connectivity index (χ0v) is 15.0. The SMILES string of the molecule is CCOC(=O)N1CCCC(N2CCC(C(=N)Cl)CC2)CC1.CO. The van der Waals surface area contributed by atoms with Crippen LogP contribution < -0.4 is 0 Å². The molecule has 1 amide bonds. The van der Waals surface area contributed by atoms with E-state index in [4.69, 9.17) is 26.9 Å². The molecule has 0 aromatic rings. The van der Waals surface area contributed by atoms with Gasteiger partial charge in [0.15, 0.2) is 0 Å². The van der Waals surface area contributed by atoms with E-state index >= 15 is 0 Å². The smallest absolute Gasteiger partial charge is 0.409 e. The molecule has 0 aromatic heterocycles. The Labute approximate surface area is 144 Å². The molecular weight excluding hydrogens is 318 g/mol. The van der Waals surface area contributed by atoms with E-state index < -0.39 is 0 Å². The lowest BCUT2D eigenvalue weighted by Gasteiger charge is -2.36. The second kappa shape index (κ2) is 10.8. The molecule has 1 unspecified atom stereocenters. The largest absolute Gasteiger partial charge is 0.450 e. The van der Waals surface area contributed by atoms with Crippen molar-refractivity contribution in [3.8, 4) is 0 Å². The van der Waals surface area contributed by atoms with Gasteiger partial charge in [-0.2, -0.15) is 0 Å². The van der Waals surface area contributed by atoms with Gasteiger partial charge in [0.2, 0.25) is 0 Å². The standard InChI is InChI=1S/C15H26ClN3O2.CH4O/c1-2-21-15(20)19-8-3-4-13(7-11-19)18-9-5-12(6-10-18)14(16)17;1-2/h12-13,17H,2-11H2,1H3;2H,1H3. The maximum Gasteiger partial charge on any atom is 0.409 e. The lowest BCUT2D eigenvalue weighted by atomic mass is 9.95. The minimum absolute atomic E-state index is 0.174. The number of nitrogens with one attached hydrogen (secondary N) is 1. The predicted octanol–water partition coefficient (Wildman–Crippen LogP) is 2.53. The molecule has 0 radical (unpaired) electrons. The van der Waals surface area contributed by atoms with Crippen molar-refractivity contribution in [2.75, 3.05) is 39.9 Å². The van der Waals surface area contributed by atoms with E-state index in [0.29, 0.717) is 17.8 Å². The predicted molar refractivity (Wildman–Crippen MR) is 92.3 cm³/mol. The number of nitrogens with zero attached hydrogens (tertiary/aromatic N) is 2. The zero-order valence-electron chi connectivity index (χ0n) is 14.3. The highest BCUT2D eigenvalue weighted by atomic mass is 35.5. The second-order valence-electron chi connectivity index (χ2n) is 5.93. The first-order valence-corrected chi connectivity index (χ1v) is 8.84. The molecule has 0 aromatic carbocycles. The first-order valence-electron chi connectivity index (χ1n) is 8.46. The van der Waals surface area contributed by atoms with Crippen molar-refractivity contribution in [1.82, 2.24) is 9.80 Å². The Bertz CT molecular complexity index is 374. The number of carbonyl (C=O) groups excluding carboxylic acids is 1. The topological polar surface area (TPSA) is 76.9 Å². The molecule has 2 heterocycles. The molecule has 1 atom stereocenters. The zero-order chi connectivity index (χ0) is 17.2. The summed E-state index contributed by atoms with van der Waals surface area (Å²) in [6.45, 7) is 5.91. The minimum Gasteiger partial charge on any atom is -0.450 e. The van der Waals surface area contributed by atoms with Crippen LogP contribution in [0.25, 0.3) is 0 Å². The van der Waals surface area contributed by atoms with Crippen LogP contribution in [0, 0.1) is 11.3 Å². The number of aliphatic hydroxyl groups is 1. The lowest BCUT2D eigenvalue weighted by Crippen LogP contribution is -2.43. The maximum absolute atomic E-state index is 11.8. The first-order chi connectivity index (χ1) is 11.1. The molecule has 0 aliphatic carbocycles. The minimum atomic E-state index is -0.174. The summed E-state index contributed by atoms with van der Waals surface area (Å²) in [6, 6.07) is 0.551. The summed E-state index contributed by atoms with van der Waals surface area (Å²) in [5.41, 5.74) is 0. The monoisotopic (exact) mass is 347 g/mol. The molecule has 6 nitrogen and oxygen atoms in total. The van der Waals surface area contributed by atoms with Crippen molar-refractivity contribution >= 4 is 22.9 Å². The quantitative estimate of drug-likeness (QED) is 0.769. The summed E-state index contributed by atoms with van der Waals surface area (Å²) in [6.07, 6.45) is 4.99. The summed E-state index contributed by atoms with van der Waals surface area (Å²) < 4.78 is 5.09. The van der Waals surface area contributed by atoms with Crippen LogP contribution in [-0.2, 0) is 4.74 Å². The van der Waals surface area contributed by atoms with Crippen molar-refractivity contribution < 1.29 is 14.6 Å². The Morgan fingerprint density at radius 2 is 1.83 bits per heavy atom. The van der Waals surface area contributed by atoms with E-state index in [1.165, 1.54) is 0 Å². The van der Waals surface area contributed by atoms with Crippen molar-refractivity contribution in [1.29, 1.82) is 5.41 Å². The van der Waals surface area contributed by atoms with E-state index in [2.05, 4.69) is 4.90 Å². The van der Waals surface area contributed by atoms with Crippen LogP contribution in [0.5, 0.6) is 0 Å². The number of hydrogen-bond acceptors (Lipinski definition) is 5. The van der Waals surface area contributed by atoms with Crippen molar-refractivity contribution in [3.63, 3.8) is 0 Å². The molecule has 2 aliphatic heterocycles. The Balaban J connectivity index is 0.00000127. The fourth-order valence-corrected chi connectivity index (χ4v) is 3.58.